The number of aromatic amines is 2. The lowest BCUT2D eigenvalue weighted by molar-refractivity contribution is 0.0403. The summed E-state index contributed by atoms with van der Waals surface area (Å²) >= 11 is 0. The van der Waals surface area contributed by atoms with Gasteiger partial charge < -0.3 is 39.5 Å². The van der Waals surface area contributed by atoms with Crippen molar-refractivity contribution in [2.45, 2.75) is 92.2 Å². The average Bonchev–Trinajstić information content (AvgIpc) is 4.43. The van der Waals surface area contributed by atoms with E-state index < -0.39 is 17.7 Å². The van der Waals surface area contributed by atoms with Crippen molar-refractivity contribution in [1.29, 1.82) is 0 Å². The normalized spacial score (nSPS) is 12.0. The van der Waals surface area contributed by atoms with Crippen LogP contribution < -0.4 is 15.4 Å². The number of nitrogens with one attached hydrogen (secondary N) is 4. The second-order valence-corrected chi connectivity index (χ2v) is 22.3. The summed E-state index contributed by atoms with van der Waals surface area (Å²) in [7, 11) is 0. The molecule has 0 spiro atoms. The number of H-pyrrole nitrogens is 2. The Bertz CT molecular complexity index is 3750. The van der Waals surface area contributed by atoms with E-state index in [0.29, 0.717) is 57.4 Å². The van der Waals surface area contributed by atoms with Gasteiger partial charge in [0.2, 0.25) is 0 Å². The van der Waals surface area contributed by atoms with E-state index in [4.69, 9.17) is 28.9 Å². The maximum atomic E-state index is 13.8. The van der Waals surface area contributed by atoms with Gasteiger partial charge in [-0.2, -0.15) is 0 Å². The Morgan fingerprint density at radius 2 is 0.821 bits per heavy atom. The van der Waals surface area contributed by atoms with Crippen molar-refractivity contribution in [3.8, 4) is 50.3 Å². The second kappa shape index (κ2) is 27.6. The van der Waals surface area contributed by atoms with Gasteiger partial charge in [0, 0.05) is 64.0 Å². The van der Waals surface area contributed by atoms with Gasteiger partial charge in [0.05, 0.1) is 54.8 Å². The van der Waals surface area contributed by atoms with Crippen LogP contribution in [-0.4, -0.2) is 77.1 Å². The number of esters is 1. The van der Waals surface area contributed by atoms with E-state index in [1.165, 1.54) is 16.7 Å². The lowest BCUT2D eigenvalue weighted by atomic mass is 10.0. The molecule has 8 aromatic rings. The van der Waals surface area contributed by atoms with E-state index in [1.54, 1.807) is 0 Å². The molecule has 430 valence electrons. The molecule has 2 aliphatic heterocycles. The van der Waals surface area contributed by atoms with Crippen LogP contribution in [0, 0.1) is 0 Å². The first-order valence-electron chi connectivity index (χ1n) is 29.6. The zero-order chi connectivity index (χ0) is 58.4. The molecule has 10 rings (SSSR count). The molecule has 0 saturated carbocycles. The van der Waals surface area contributed by atoms with Gasteiger partial charge in [-0.3, -0.25) is 0 Å². The third-order valence-electron chi connectivity index (χ3n) is 14.7. The van der Waals surface area contributed by atoms with Crippen molar-refractivity contribution in [2.24, 2.45) is 0 Å². The largest absolute Gasteiger partial charge is 0.444 e. The fourth-order valence-corrected chi connectivity index (χ4v) is 10.7. The molecule has 0 atom stereocenters. The minimum atomic E-state index is -0.540. The Balaban J connectivity index is 0.947. The van der Waals surface area contributed by atoms with E-state index in [1.807, 2.05) is 69.3 Å². The molecule has 12 heteroatoms. The second-order valence-electron chi connectivity index (χ2n) is 22.3. The molecule has 5 heterocycles. The SMILES string of the molecule is CCCc1ccc(-c2c3nc(c(-c4ccc(CCC)cc4)c4ccc([nH]4)c(-c4ccc(C(=O)Oc5ccc(CNCCOCCOCCNC(=O)OC(C)(C)C)cc5)cc4)c4nc(c(-c5ccc(CCC)cc5)c5ccc2[nH]5)C=C4)C=C3)cc1. The lowest BCUT2D eigenvalue weighted by Crippen LogP contribution is -2.34. The molecule has 2 aliphatic rings. The number of fused-ring (bicyclic) bond motifs is 8. The first kappa shape index (κ1) is 58.5. The highest BCUT2D eigenvalue weighted by Crippen LogP contribution is 2.39. The molecule has 1 amide bonds. The van der Waals surface area contributed by atoms with Crippen LogP contribution in [0.5, 0.6) is 5.75 Å². The van der Waals surface area contributed by atoms with E-state index in [0.717, 1.165) is 133 Å². The Morgan fingerprint density at radius 1 is 0.452 bits per heavy atom. The third-order valence-corrected chi connectivity index (χ3v) is 14.7. The molecule has 0 aliphatic carbocycles. The molecule has 0 fully saturated rings. The molecule has 0 saturated heterocycles. The predicted molar refractivity (Wildman–Crippen MR) is 342 cm³/mol. The molecule has 4 N–H and O–H groups in total. The number of aromatic nitrogens is 4. The molecular formula is C72H76N6O6. The Hall–Kier alpha value is -8.68. The summed E-state index contributed by atoms with van der Waals surface area (Å²) in [5, 5.41) is 6.06. The van der Waals surface area contributed by atoms with Crippen molar-refractivity contribution >= 4 is 58.4 Å². The van der Waals surface area contributed by atoms with Gasteiger partial charge in [-0.05, 0) is 157 Å². The van der Waals surface area contributed by atoms with Crippen molar-refractivity contribution in [3.05, 3.63) is 196 Å². The number of hydrogen-bond donors (Lipinski definition) is 4. The van der Waals surface area contributed by atoms with Gasteiger partial charge in [-0.25, -0.2) is 19.6 Å². The number of rotatable bonds is 23. The maximum Gasteiger partial charge on any atom is 0.407 e. The highest BCUT2D eigenvalue weighted by atomic mass is 16.6. The van der Waals surface area contributed by atoms with E-state index in [-0.39, 0.29) is 0 Å². The van der Waals surface area contributed by atoms with E-state index in [2.05, 4.69) is 163 Å². The minimum absolute atomic E-state index is 0.363. The fourth-order valence-electron chi connectivity index (χ4n) is 10.7. The summed E-state index contributed by atoms with van der Waals surface area (Å²) in [5.41, 5.74) is 19.8. The van der Waals surface area contributed by atoms with Crippen molar-refractivity contribution in [1.82, 2.24) is 30.6 Å². The van der Waals surface area contributed by atoms with E-state index in [9.17, 15) is 9.59 Å². The number of carbonyl (C=O) groups excluding carboxylic acids is 2. The summed E-state index contributed by atoms with van der Waals surface area (Å²) in [4.78, 5) is 44.4. The van der Waals surface area contributed by atoms with Crippen LogP contribution in [0.3, 0.4) is 0 Å². The first-order chi connectivity index (χ1) is 40.9. The molecule has 0 unspecified atom stereocenters. The van der Waals surface area contributed by atoms with E-state index >= 15 is 0 Å². The molecular weight excluding hydrogens is 1040 g/mol. The Kier molecular flexibility index (Phi) is 19.2. The predicted octanol–water partition coefficient (Wildman–Crippen LogP) is 16.0. The molecule has 8 bridgehead atoms. The number of alkyl carbamates (subject to hydrolysis) is 1. The van der Waals surface area contributed by atoms with Crippen LogP contribution in [0.15, 0.2) is 146 Å². The van der Waals surface area contributed by atoms with Gasteiger partial charge in [-0.1, -0.05) is 137 Å². The van der Waals surface area contributed by atoms with Crippen molar-refractivity contribution in [2.75, 3.05) is 39.5 Å². The molecule has 84 heavy (non-hydrogen) atoms. The summed E-state index contributed by atoms with van der Waals surface area (Å²) < 4.78 is 22.4. The summed E-state index contributed by atoms with van der Waals surface area (Å²) in [6, 6.07) is 50.4. The number of aryl methyl sites for hydroxylation is 3. The smallest absolute Gasteiger partial charge is 0.407 e. The number of amides is 1. The maximum absolute atomic E-state index is 13.8. The molecule has 12 nitrogen and oxygen atoms in total. The fraction of sp³-hybridized carbons (Fsp3) is 0.278. The van der Waals surface area contributed by atoms with Gasteiger partial charge in [-0.15, -0.1) is 0 Å². The number of ether oxygens (including phenoxy) is 4. The van der Waals surface area contributed by atoms with Crippen LogP contribution in [0.1, 0.15) is 116 Å². The van der Waals surface area contributed by atoms with Crippen LogP contribution in [0.2, 0.25) is 0 Å². The summed E-state index contributed by atoms with van der Waals surface area (Å²) in [6.45, 7) is 15.5. The summed E-state index contributed by atoms with van der Waals surface area (Å²) in [6.07, 6.45) is 14.3. The highest BCUT2D eigenvalue weighted by molar-refractivity contribution is 6.00. The average molecular weight is 1120 g/mol. The van der Waals surface area contributed by atoms with Crippen LogP contribution in [-0.2, 0) is 40.0 Å². The highest BCUT2D eigenvalue weighted by Gasteiger charge is 2.21. The number of carbonyl (C=O) groups is 2. The van der Waals surface area contributed by atoms with Crippen molar-refractivity contribution in [3.63, 3.8) is 0 Å². The Morgan fingerprint density at radius 3 is 1.20 bits per heavy atom. The third kappa shape index (κ3) is 14.7. The minimum Gasteiger partial charge on any atom is -0.444 e. The molecule has 0 radical (unpaired) electrons. The molecule has 5 aromatic carbocycles. The lowest BCUT2D eigenvalue weighted by Gasteiger charge is -2.19. The van der Waals surface area contributed by atoms with Gasteiger partial charge >= 0.3 is 12.1 Å². The first-order valence-corrected chi connectivity index (χ1v) is 29.6. The monoisotopic (exact) mass is 1120 g/mol. The summed E-state index contributed by atoms with van der Waals surface area (Å²) in [5.74, 6) is -0.00682. The van der Waals surface area contributed by atoms with Gasteiger partial charge in [0.25, 0.3) is 0 Å². The van der Waals surface area contributed by atoms with Crippen LogP contribution in [0.25, 0.3) is 90.9 Å². The standard InChI is InChI=1S/C72H76N6O6/c1-7-10-48-13-21-52(22-14-48)66-58-33-35-60(75-58)67(53-23-15-49(11-8-2)16-24-53)62-37-39-64(77-62)69(65-40-38-63(78-65)68(61-36-34-59(66)76-61)54-25-17-50(12-9-3)18-26-54)55-27-29-56(30-28-55)70(79)83-57-31-19-51(20-32-57)47-73-41-43-81-45-46-82-44-42-74-71(80)84-72(4,5)6/h13-40,73,75,78H,7-12,41-47H2,1-6H3,(H,74,80). The molecule has 3 aromatic heterocycles. The zero-order valence-electron chi connectivity index (χ0n) is 49.2. The van der Waals surface area contributed by atoms with Gasteiger partial charge in [0.1, 0.15) is 11.4 Å². The van der Waals surface area contributed by atoms with Crippen LogP contribution in [0.4, 0.5) is 4.79 Å². The Labute approximate surface area is 493 Å². The quantitative estimate of drug-likeness (QED) is 0.0279. The van der Waals surface area contributed by atoms with Crippen LogP contribution >= 0.6 is 0 Å². The van der Waals surface area contributed by atoms with Crippen molar-refractivity contribution < 1.29 is 28.5 Å². The topological polar surface area (TPSA) is 152 Å². The number of nitrogens with zero attached hydrogens (tertiary/aromatic N) is 2. The zero-order valence-corrected chi connectivity index (χ0v) is 49.2. The number of benzene rings is 5. The van der Waals surface area contributed by atoms with Gasteiger partial charge in [0.15, 0.2) is 0 Å². The number of hydrogen-bond acceptors (Lipinski definition) is 9.